The van der Waals surface area contributed by atoms with Crippen LogP contribution in [0.25, 0.3) is 0 Å². The van der Waals surface area contributed by atoms with Crippen molar-refractivity contribution in [2.75, 3.05) is 54.1 Å². The van der Waals surface area contributed by atoms with Gasteiger partial charge in [0.25, 0.3) is 0 Å². The summed E-state index contributed by atoms with van der Waals surface area (Å²) in [5, 5.41) is 0. The maximum Gasteiger partial charge on any atom is 0.472 e. The molecule has 1 N–H and O–H groups in total. The van der Waals surface area contributed by atoms with Gasteiger partial charge in [0.15, 0.2) is 0 Å². The molecule has 50 heavy (non-hydrogen) atoms. The Balaban J connectivity index is 4.07. The fraction of sp³-hybridized carbons (Fsp3) is 0.927. The zero-order valence-electron chi connectivity index (χ0n) is 33.7. The molecule has 0 fully saturated rings. The molecule has 0 aromatic carbocycles. The van der Waals surface area contributed by atoms with Gasteiger partial charge in [-0.15, -0.1) is 0 Å². The first-order valence-corrected chi connectivity index (χ1v) is 22.4. The molecule has 8 nitrogen and oxygen atoms in total. The van der Waals surface area contributed by atoms with Gasteiger partial charge in [-0.3, -0.25) is 13.8 Å². The Morgan fingerprint density at radius 2 is 1.04 bits per heavy atom. The van der Waals surface area contributed by atoms with Gasteiger partial charge in [0.2, 0.25) is 0 Å². The Hall–Kier alpha value is -0.760. The molecular weight excluding hydrogens is 649 g/mol. The van der Waals surface area contributed by atoms with Gasteiger partial charge < -0.3 is 18.9 Å². The standard InChI is InChI=1S/C41H82NO7P/c1-6-8-10-12-14-15-16-17-18-19-20-21-22-23-24-25-26-27-28-30-32-34-41(43)49-40(38-46-36-33-31-29-13-11-9-7-2)39-48-50(44,45)47-37-35-42(3,4)5/h19-20,40H,6-18,21-39H2,1-5H3/p+1/b20-19-. The normalized spacial score (nSPS) is 14.0. The van der Waals surface area contributed by atoms with Crippen molar-refractivity contribution in [2.24, 2.45) is 0 Å². The number of hydrogen-bond donors (Lipinski definition) is 1. The topological polar surface area (TPSA) is 91.3 Å². The van der Waals surface area contributed by atoms with Gasteiger partial charge in [-0.1, -0.05) is 154 Å². The zero-order chi connectivity index (χ0) is 37.0. The molecule has 298 valence electrons. The van der Waals surface area contributed by atoms with Crippen molar-refractivity contribution in [1.29, 1.82) is 0 Å². The molecule has 2 atom stereocenters. The highest BCUT2D eigenvalue weighted by Gasteiger charge is 2.26. The second-order valence-electron chi connectivity index (χ2n) is 15.4. The largest absolute Gasteiger partial charge is 0.472 e. The molecule has 0 saturated carbocycles. The van der Waals surface area contributed by atoms with Gasteiger partial charge in [-0.25, -0.2) is 4.57 Å². The number of ether oxygens (including phenoxy) is 2. The van der Waals surface area contributed by atoms with Crippen LogP contribution in [0.4, 0.5) is 0 Å². The Kier molecular flexibility index (Phi) is 34.7. The zero-order valence-corrected chi connectivity index (χ0v) is 34.5. The molecule has 0 heterocycles. The molecule has 0 aliphatic carbocycles. The Bertz CT molecular complexity index is 817. The van der Waals surface area contributed by atoms with Gasteiger partial charge >= 0.3 is 13.8 Å². The third kappa shape index (κ3) is 38.5. The van der Waals surface area contributed by atoms with E-state index in [1.807, 2.05) is 21.1 Å². The summed E-state index contributed by atoms with van der Waals surface area (Å²) in [5.74, 6) is -0.316. The van der Waals surface area contributed by atoms with Crippen LogP contribution in [0, 0.1) is 0 Å². The summed E-state index contributed by atoms with van der Waals surface area (Å²) in [4.78, 5) is 22.8. The van der Waals surface area contributed by atoms with Crippen LogP contribution in [0.2, 0.25) is 0 Å². The summed E-state index contributed by atoms with van der Waals surface area (Å²) >= 11 is 0. The van der Waals surface area contributed by atoms with E-state index in [9.17, 15) is 14.3 Å². The highest BCUT2D eigenvalue weighted by molar-refractivity contribution is 7.47. The minimum Gasteiger partial charge on any atom is -0.457 e. The van der Waals surface area contributed by atoms with Crippen LogP contribution in [0.1, 0.15) is 187 Å². The average Bonchev–Trinajstić information content (AvgIpc) is 3.06. The molecule has 0 bridgehead atoms. The molecule has 0 aliphatic rings. The van der Waals surface area contributed by atoms with E-state index in [0.29, 0.717) is 24.1 Å². The van der Waals surface area contributed by atoms with Crippen LogP contribution >= 0.6 is 7.82 Å². The first kappa shape index (κ1) is 49.2. The number of allylic oxidation sites excluding steroid dienone is 2. The number of rotatable bonds is 39. The lowest BCUT2D eigenvalue weighted by molar-refractivity contribution is -0.870. The van der Waals surface area contributed by atoms with E-state index in [1.54, 1.807) is 0 Å². The molecular formula is C41H83NO7P+. The number of likely N-dealkylation sites (N-methyl/N-ethyl adjacent to an activating group) is 1. The number of hydrogen-bond acceptors (Lipinski definition) is 6. The summed E-state index contributed by atoms with van der Waals surface area (Å²) in [6.07, 6.45) is 36.8. The van der Waals surface area contributed by atoms with Crippen molar-refractivity contribution in [3.8, 4) is 0 Å². The summed E-state index contributed by atoms with van der Waals surface area (Å²) in [6.45, 7) is 5.61. The van der Waals surface area contributed by atoms with Crippen molar-refractivity contribution in [3.63, 3.8) is 0 Å². The number of nitrogens with zero attached hydrogens (tertiary/aromatic N) is 1. The second-order valence-corrected chi connectivity index (χ2v) is 16.8. The van der Waals surface area contributed by atoms with Gasteiger partial charge in [0.05, 0.1) is 34.4 Å². The van der Waals surface area contributed by atoms with Crippen molar-refractivity contribution >= 4 is 13.8 Å². The van der Waals surface area contributed by atoms with Crippen LogP contribution in [-0.4, -0.2) is 75.6 Å². The fourth-order valence-corrected chi connectivity index (χ4v) is 6.52. The first-order chi connectivity index (χ1) is 24.1. The maximum absolute atomic E-state index is 12.6. The number of phosphoric acid groups is 1. The van der Waals surface area contributed by atoms with Crippen LogP contribution in [-0.2, 0) is 27.9 Å². The monoisotopic (exact) mass is 733 g/mol. The van der Waals surface area contributed by atoms with Crippen LogP contribution in [0.3, 0.4) is 0 Å². The molecule has 0 radical (unpaired) electrons. The van der Waals surface area contributed by atoms with E-state index < -0.39 is 13.9 Å². The number of carbonyl (C=O) groups excluding carboxylic acids is 1. The quantitative estimate of drug-likeness (QED) is 0.0221. The minimum atomic E-state index is -4.26. The average molecular weight is 733 g/mol. The number of carbonyl (C=O) groups is 1. The third-order valence-corrected chi connectivity index (χ3v) is 10.1. The summed E-state index contributed by atoms with van der Waals surface area (Å²) in [6, 6.07) is 0. The summed E-state index contributed by atoms with van der Waals surface area (Å²) in [7, 11) is 1.67. The van der Waals surface area contributed by atoms with Gasteiger partial charge in [0, 0.05) is 13.0 Å². The number of unbranched alkanes of at least 4 members (excludes halogenated alkanes) is 23. The predicted octanol–water partition coefficient (Wildman–Crippen LogP) is 11.9. The van der Waals surface area contributed by atoms with Crippen molar-refractivity contribution in [2.45, 2.75) is 193 Å². The second kappa shape index (κ2) is 35.3. The van der Waals surface area contributed by atoms with E-state index in [-0.39, 0.29) is 25.8 Å². The predicted molar refractivity (Wildman–Crippen MR) is 210 cm³/mol. The van der Waals surface area contributed by atoms with E-state index >= 15 is 0 Å². The molecule has 0 aliphatic heterocycles. The van der Waals surface area contributed by atoms with E-state index in [4.69, 9.17) is 18.5 Å². The lowest BCUT2D eigenvalue weighted by Crippen LogP contribution is -2.37. The highest BCUT2D eigenvalue weighted by Crippen LogP contribution is 2.43. The van der Waals surface area contributed by atoms with Gasteiger partial charge in [-0.2, -0.15) is 0 Å². The Labute approximate surface area is 310 Å². The Morgan fingerprint density at radius 3 is 1.52 bits per heavy atom. The maximum atomic E-state index is 12.6. The van der Waals surface area contributed by atoms with E-state index in [1.165, 1.54) is 135 Å². The van der Waals surface area contributed by atoms with E-state index in [0.717, 1.165) is 32.1 Å². The molecule has 2 unspecified atom stereocenters. The number of esters is 1. The summed E-state index contributed by atoms with van der Waals surface area (Å²) < 4.78 is 34.8. The molecule has 0 aromatic rings. The lowest BCUT2D eigenvalue weighted by atomic mass is 10.1. The smallest absolute Gasteiger partial charge is 0.457 e. The molecule has 0 saturated heterocycles. The first-order valence-electron chi connectivity index (χ1n) is 20.9. The van der Waals surface area contributed by atoms with Crippen LogP contribution in [0.15, 0.2) is 12.2 Å². The summed E-state index contributed by atoms with van der Waals surface area (Å²) in [5.41, 5.74) is 0. The minimum absolute atomic E-state index is 0.0908. The third-order valence-electron chi connectivity index (χ3n) is 9.08. The molecule has 0 spiro atoms. The molecule has 0 amide bonds. The molecule has 0 rings (SSSR count). The van der Waals surface area contributed by atoms with Crippen molar-refractivity contribution in [1.82, 2.24) is 0 Å². The highest BCUT2D eigenvalue weighted by atomic mass is 31.2. The van der Waals surface area contributed by atoms with Crippen molar-refractivity contribution < 1.29 is 37.3 Å². The molecule has 9 heteroatoms. The number of phosphoric ester groups is 1. The van der Waals surface area contributed by atoms with Crippen LogP contribution in [0.5, 0.6) is 0 Å². The SMILES string of the molecule is CCCCCCCCCC/C=C\CCCCCCCCCCCC(=O)OC(COCCCCCCCCC)COP(=O)(O)OCC[N+](C)(C)C. The molecule has 0 aromatic heterocycles. The van der Waals surface area contributed by atoms with Crippen molar-refractivity contribution in [3.05, 3.63) is 12.2 Å². The van der Waals surface area contributed by atoms with Gasteiger partial charge in [0.1, 0.15) is 19.3 Å². The van der Waals surface area contributed by atoms with Crippen LogP contribution < -0.4 is 0 Å². The fourth-order valence-electron chi connectivity index (χ4n) is 5.78. The van der Waals surface area contributed by atoms with Gasteiger partial charge in [-0.05, 0) is 38.5 Å². The lowest BCUT2D eigenvalue weighted by Gasteiger charge is -2.24. The number of quaternary nitrogens is 1. The van der Waals surface area contributed by atoms with E-state index in [2.05, 4.69) is 26.0 Å². The Morgan fingerprint density at radius 1 is 0.600 bits per heavy atom.